The first-order valence-corrected chi connectivity index (χ1v) is 11.1. The molecule has 0 bridgehead atoms. The fourth-order valence-corrected chi connectivity index (χ4v) is 4.45. The molecular formula is C24H28ClN3O3. The number of hydrogen-bond acceptors (Lipinski definition) is 5. The standard InChI is InChI=1S/C24H28ClN3O3/c1-15-5-4-6-18(28(15)2)11-12-26-23(29)20-13-17(25)14-21-22(20)27-24(31-21)16-7-9-19(30-3)10-8-16/h7-10,13-15,18H,4-6,11-12H2,1-3H3,(H,26,29). The predicted octanol–water partition coefficient (Wildman–Crippen LogP) is 5.15. The van der Waals surface area contributed by atoms with Crippen LogP contribution >= 0.6 is 11.6 Å². The Bertz CT molecular complexity index is 1060. The van der Waals surface area contributed by atoms with Crippen molar-refractivity contribution < 1.29 is 13.9 Å². The normalized spacial score (nSPS) is 19.5. The van der Waals surface area contributed by atoms with Gasteiger partial charge in [-0.25, -0.2) is 4.98 Å². The number of carbonyl (C=O) groups excluding carboxylic acids is 1. The Kier molecular flexibility index (Phi) is 6.49. The quantitative estimate of drug-likeness (QED) is 0.573. The lowest BCUT2D eigenvalue weighted by Gasteiger charge is -2.38. The molecule has 2 aromatic carbocycles. The van der Waals surface area contributed by atoms with Crippen molar-refractivity contribution in [2.24, 2.45) is 0 Å². The van der Waals surface area contributed by atoms with Crippen molar-refractivity contribution >= 4 is 28.6 Å². The molecule has 1 amide bonds. The number of hydrogen-bond donors (Lipinski definition) is 1. The molecule has 1 saturated heterocycles. The highest BCUT2D eigenvalue weighted by Crippen LogP contribution is 2.30. The van der Waals surface area contributed by atoms with E-state index in [2.05, 4.69) is 29.2 Å². The summed E-state index contributed by atoms with van der Waals surface area (Å²) in [5.74, 6) is 1.00. The minimum absolute atomic E-state index is 0.186. The number of fused-ring (bicyclic) bond motifs is 1. The average Bonchev–Trinajstić information content (AvgIpc) is 3.20. The molecule has 1 aromatic heterocycles. The van der Waals surface area contributed by atoms with E-state index >= 15 is 0 Å². The monoisotopic (exact) mass is 441 g/mol. The van der Waals surface area contributed by atoms with Crippen LogP contribution in [0.3, 0.4) is 0 Å². The molecule has 1 N–H and O–H groups in total. The zero-order valence-electron chi connectivity index (χ0n) is 18.2. The number of amides is 1. The summed E-state index contributed by atoms with van der Waals surface area (Å²) in [5.41, 5.74) is 2.23. The van der Waals surface area contributed by atoms with Crippen molar-refractivity contribution in [1.82, 2.24) is 15.2 Å². The molecule has 0 saturated carbocycles. The summed E-state index contributed by atoms with van der Waals surface area (Å²) in [6, 6.07) is 11.8. The van der Waals surface area contributed by atoms with Crippen LogP contribution in [0, 0.1) is 0 Å². The molecule has 1 aliphatic heterocycles. The second-order valence-electron chi connectivity index (χ2n) is 8.19. The molecule has 2 unspecified atom stereocenters. The van der Waals surface area contributed by atoms with Crippen LogP contribution in [-0.4, -0.2) is 48.6 Å². The van der Waals surface area contributed by atoms with Crippen LogP contribution < -0.4 is 10.1 Å². The summed E-state index contributed by atoms with van der Waals surface area (Å²) < 4.78 is 11.1. The number of ether oxygens (including phenoxy) is 1. The van der Waals surface area contributed by atoms with Gasteiger partial charge in [0.15, 0.2) is 5.58 Å². The number of piperidine rings is 1. The minimum Gasteiger partial charge on any atom is -0.497 e. The smallest absolute Gasteiger partial charge is 0.253 e. The SMILES string of the molecule is COc1ccc(-c2nc3c(C(=O)NCCC4CCCC(C)N4C)cc(Cl)cc3o2)cc1. The highest BCUT2D eigenvalue weighted by molar-refractivity contribution is 6.32. The van der Waals surface area contributed by atoms with Gasteiger partial charge < -0.3 is 19.4 Å². The van der Waals surface area contributed by atoms with Crippen LogP contribution in [0.5, 0.6) is 5.75 Å². The largest absolute Gasteiger partial charge is 0.497 e. The number of methoxy groups -OCH3 is 1. The van der Waals surface area contributed by atoms with Gasteiger partial charge in [-0.1, -0.05) is 18.0 Å². The number of benzene rings is 2. The second-order valence-corrected chi connectivity index (χ2v) is 8.63. The summed E-state index contributed by atoms with van der Waals surface area (Å²) in [4.78, 5) is 20.0. The first-order valence-electron chi connectivity index (χ1n) is 10.7. The number of likely N-dealkylation sites (tertiary alicyclic amines) is 1. The van der Waals surface area contributed by atoms with E-state index in [1.165, 1.54) is 19.3 Å². The molecule has 3 aromatic rings. The number of oxazole rings is 1. The van der Waals surface area contributed by atoms with Crippen molar-refractivity contribution in [2.45, 2.75) is 44.7 Å². The van der Waals surface area contributed by atoms with Gasteiger partial charge in [0, 0.05) is 35.3 Å². The van der Waals surface area contributed by atoms with Crippen molar-refractivity contribution in [2.75, 3.05) is 20.7 Å². The van der Waals surface area contributed by atoms with Gasteiger partial charge in [0.2, 0.25) is 5.89 Å². The van der Waals surface area contributed by atoms with Crippen LogP contribution in [0.2, 0.25) is 5.02 Å². The Balaban J connectivity index is 1.51. The van der Waals surface area contributed by atoms with E-state index in [1.54, 1.807) is 19.2 Å². The third-order valence-corrected chi connectivity index (χ3v) is 6.45. The maximum Gasteiger partial charge on any atom is 0.253 e. The van der Waals surface area contributed by atoms with Gasteiger partial charge >= 0.3 is 0 Å². The van der Waals surface area contributed by atoms with Crippen LogP contribution in [0.25, 0.3) is 22.6 Å². The number of nitrogens with one attached hydrogen (secondary N) is 1. The number of aromatic nitrogens is 1. The van der Waals surface area contributed by atoms with Crippen LogP contribution in [-0.2, 0) is 0 Å². The fourth-order valence-electron chi connectivity index (χ4n) is 4.24. The molecular weight excluding hydrogens is 414 g/mol. The van der Waals surface area contributed by atoms with Gasteiger partial charge in [0.05, 0.1) is 12.7 Å². The lowest BCUT2D eigenvalue weighted by Crippen LogP contribution is -2.43. The van der Waals surface area contributed by atoms with E-state index in [4.69, 9.17) is 20.8 Å². The molecule has 1 fully saturated rings. The molecule has 0 spiro atoms. The lowest BCUT2D eigenvalue weighted by molar-refractivity contribution is 0.0932. The third-order valence-electron chi connectivity index (χ3n) is 6.23. The number of halogens is 1. The summed E-state index contributed by atoms with van der Waals surface area (Å²) >= 11 is 6.26. The first kappa shape index (κ1) is 21.7. The lowest BCUT2D eigenvalue weighted by atomic mass is 9.95. The van der Waals surface area contributed by atoms with Gasteiger partial charge in [0.25, 0.3) is 5.91 Å². The van der Waals surface area contributed by atoms with Crippen LogP contribution in [0.1, 0.15) is 43.0 Å². The number of nitrogens with zero attached hydrogens (tertiary/aromatic N) is 2. The Morgan fingerprint density at radius 2 is 2.06 bits per heavy atom. The summed E-state index contributed by atoms with van der Waals surface area (Å²) in [6.45, 7) is 2.87. The van der Waals surface area contributed by atoms with Crippen molar-refractivity contribution in [3.8, 4) is 17.2 Å². The molecule has 4 rings (SSSR count). The molecule has 2 atom stereocenters. The average molecular weight is 442 g/mol. The summed E-state index contributed by atoms with van der Waals surface area (Å²) in [5, 5.41) is 3.48. The Morgan fingerprint density at radius 1 is 1.29 bits per heavy atom. The van der Waals surface area contributed by atoms with E-state index in [0.29, 0.717) is 46.2 Å². The molecule has 31 heavy (non-hydrogen) atoms. The van der Waals surface area contributed by atoms with E-state index < -0.39 is 0 Å². The van der Waals surface area contributed by atoms with E-state index in [9.17, 15) is 4.79 Å². The maximum atomic E-state index is 12.9. The molecule has 0 radical (unpaired) electrons. The van der Waals surface area contributed by atoms with Gasteiger partial charge in [-0.2, -0.15) is 0 Å². The van der Waals surface area contributed by atoms with Crippen molar-refractivity contribution in [1.29, 1.82) is 0 Å². The van der Waals surface area contributed by atoms with Gasteiger partial charge in [-0.15, -0.1) is 0 Å². The second kappa shape index (κ2) is 9.28. The molecule has 7 heteroatoms. The third kappa shape index (κ3) is 4.70. The maximum absolute atomic E-state index is 12.9. The van der Waals surface area contributed by atoms with Gasteiger partial charge in [0.1, 0.15) is 11.3 Å². The zero-order valence-corrected chi connectivity index (χ0v) is 18.9. The molecule has 2 heterocycles. The van der Waals surface area contributed by atoms with Crippen LogP contribution in [0.4, 0.5) is 0 Å². The molecule has 0 aliphatic carbocycles. The molecule has 6 nitrogen and oxygen atoms in total. The Labute approximate surface area is 187 Å². The van der Waals surface area contributed by atoms with E-state index in [-0.39, 0.29) is 5.91 Å². The highest BCUT2D eigenvalue weighted by Gasteiger charge is 2.24. The first-order chi connectivity index (χ1) is 15.0. The van der Waals surface area contributed by atoms with E-state index in [1.807, 2.05) is 24.3 Å². The van der Waals surface area contributed by atoms with Crippen molar-refractivity contribution in [3.63, 3.8) is 0 Å². The summed E-state index contributed by atoms with van der Waals surface area (Å²) in [6.07, 6.45) is 4.58. The molecule has 1 aliphatic rings. The zero-order chi connectivity index (χ0) is 22.0. The Morgan fingerprint density at radius 3 is 2.81 bits per heavy atom. The Hall–Kier alpha value is -2.57. The topological polar surface area (TPSA) is 67.6 Å². The highest BCUT2D eigenvalue weighted by atomic mass is 35.5. The fraction of sp³-hybridized carbons (Fsp3) is 0.417. The predicted molar refractivity (Wildman–Crippen MR) is 123 cm³/mol. The van der Waals surface area contributed by atoms with Gasteiger partial charge in [-0.3, -0.25) is 4.79 Å². The van der Waals surface area contributed by atoms with E-state index in [0.717, 1.165) is 17.7 Å². The van der Waals surface area contributed by atoms with Crippen LogP contribution in [0.15, 0.2) is 40.8 Å². The number of rotatable bonds is 6. The number of carbonyl (C=O) groups is 1. The van der Waals surface area contributed by atoms with Gasteiger partial charge in [-0.05, 0) is 63.6 Å². The van der Waals surface area contributed by atoms with Crippen molar-refractivity contribution in [3.05, 3.63) is 47.0 Å². The molecule has 164 valence electrons. The summed E-state index contributed by atoms with van der Waals surface area (Å²) in [7, 11) is 3.79. The minimum atomic E-state index is -0.186.